The Labute approximate surface area is 105 Å². The number of rotatable bonds is 1. The second-order valence-corrected chi connectivity index (χ2v) is 4.38. The number of benzene rings is 1. The molecule has 1 heterocycles. The van der Waals surface area contributed by atoms with Crippen LogP contribution in [0.25, 0.3) is 5.57 Å². The van der Waals surface area contributed by atoms with Crippen molar-refractivity contribution in [2.75, 3.05) is 6.61 Å². The minimum atomic E-state index is -0.192. The molecule has 1 aliphatic heterocycles. The van der Waals surface area contributed by atoms with Crippen molar-refractivity contribution in [3.63, 3.8) is 0 Å². The Kier molecular flexibility index (Phi) is 2.59. The number of Topliss-reactive ketones (excluding diaryl/α,β-unsaturated/α-hetero) is 1. The normalized spacial score (nSPS) is 19.2. The zero-order valence-corrected chi connectivity index (χ0v) is 9.81. The van der Waals surface area contributed by atoms with Crippen LogP contribution < -0.4 is 0 Å². The summed E-state index contributed by atoms with van der Waals surface area (Å²) < 4.78 is 5.31. The van der Waals surface area contributed by atoms with E-state index in [0.29, 0.717) is 24.2 Å². The zero-order valence-electron chi connectivity index (χ0n) is 9.81. The van der Waals surface area contributed by atoms with Crippen LogP contribution >= 0.6 is 0 Å². The molecule has 0 N–H and O–H groups in total. The largest absolute Gasteiger partial charge is 0.489 e. The van der Waals surface area contributed by atoms with Gasteiger partial charge < -0.3 is 4.74 Å². The third kappa shape index (κ3) is 1.68. The maximum atomic E-state index is 12.3. The van der Waals surface area contributed by atoms with Gasteiger partial charge in [-0.1, -0.05) is 30.3 Å². The van der Waals surface area contributed by atoms with Gasteiger partial charge in [0.25, 0.3) is 0 Å². The third-order valence-electron chi connectivity index (χ3n) is 3.19. The number of allylic oxidation sites excluding steroid dienone is 3. The lowest BCUT2D eigenvalue weighted by molar-refractivity contribution is -0.118. The highest BCUT2D eigenvalue weighted by Gasteiger charge is 2.31. The Morgan fingerprint density at radius 2 is 1.83 bits per heavy atom. The van der Waals surface area contributed by atoms with Crippen LogP contribution in [-0.4, -0.2) is 18.2 Å². The van der Waals surface area contributed by atoms with E-state index < -0.39 is 0 Å². The molecule has 0 amide bonds. The molecule has 0 spiro atoms. The van der Waals surface area contributed by atoms with Crippen LogP contribution in [0.1, 0.15) is 18.4 Å². The van der Waals surface area contributed by atoms with Crippen molar-refractivity contribution in [3.8, 4) is 0 Å². The van der Waals surface area contributed by atoms with Crippen LogP contribution in [0.3, 0.4) is 0 Å². The monoisotopic (exact) mass is 240 g/mol. The molecule has 0 unspecified atom stereocenters. The molecule has 18 heavy (non-hydrogen) atoms. The van der Waals surface area contributed by atoms with Crippen molar-refractivity contribution < 1.29 is 14.3 Å². The van der Waals surface area contributed by atoms with Crippen LogP contribution in [0.5, 0.6) is 0 Å². The fourth-order valence-electron chi connectivity index (χ4n) is 2.32. The number of hydrogen-bond acceptors (Lipinski definition) is 3. The molecule has 0 bridgehead atoms. The number of carbonyl (C=O) groups excluding carboxylic acids is 2. The summed E-state index contributed by atoms with van der Waals surface area (Å²) in [4.78, 5) is 24.3. The average molecular weight is 240 g/mol. The van der Waals surface area contributed by atoms with Crippen molar-refractivity contribution >= 4 is 17.1 Å². The summed E-state index contributed by atoms with van der Waals surface area (Å²) in [7, 11) is 0. The second kappa shape index (κ2) is 4.26. The molecule has 3 nitrogen and oxygen atoms in total. The first kappa shape index (κ1) is 11.0. The van der Waals surface area contributed by atoms with E-state index in [1.165, 1.54) is 6.08 Å². The Bertz CT molecular complexity index is 579. The minimum Gasteiger partial charge on any atom is -0.489 e. The van der Waals surface area contributed by atoms with Crippen LogP contribution in [0.4, 0.5) is 0 Å². The highest BCUT2D eigenvalue weighted by Crippen LogP contribution is 2.31. The lowest BCUT2D eigenvalue weighted by atomic mass is 9.87. The molecule has 0 fully saturated rings. The van der Waals surface area contributed by atoms with E-state index in [0.717, 1.165) is 12.0 Å². The standard InChI is InChI=1S/C15H12O3/c16-13-9-12(10-5-2-1-3-6-10)14(17)11-7-4-8-18-15(11)13/h1-3,5-6,9H,4,7-8H2. The Balaban J connectivity index is 2.05. The van der Waals surface area contributed by atoms with Crippen molar-refractivity contribution in [2.24, 2.45) is 0 Å². The number of hydrogen-bond donors (Lipinski definition) is 0. The topological polar surface area (TPSA) is 43.4 Å². The Morgan fingerprint density at radius 1 is 1.06 bits per heavy atom. The van der Waals surface area contributed by atoms with Crippen molar-refractivity contribution in [3.05, 3.63) is 53.3 Å². The molecule has 1 aliphatic carbocycles. The van der Waals surface area contributed by atoms with Gasteiger partial charge in [-0.2, -0.15) is 0 Å². The molecular formula is C15H12O3. The summed E-state index contributed by atoms with van der Waals surface area (Å²) in [5.74, 6) is -0.00964. The molecule has 3 rings (SSSR count). The lowest BCUT2D eigenvalue weighted by Crippen LogP contribution is -2.24. The van der Waals surface area contributed by atoms with Crippen LogP contribution in [-0.2, 0) is 14.3 Å². The molecule has 1 aromatic rings. The van der Waals surface area contributed by atoms with Gasteiger partial charge in [-0.3, -0.25) is 9.59 Å². The summed E-state index contributed by atoms with van der Waals surface area (Å²) in [6, 6.07) is 9.27. The first-order valence-corrected chi connectivity index (χ1v) is 5.99. The molecular weight excluding hydrogens is 228 g/mol. The van der Waals surface area contributed by atoms with Gasteiger partial charge >= 0.3 is 0 Å². The molecule has 2 aliphatic rings. The van der Waals surface area contributed by atoms with E-state index >= 15 is 0 Å². The fourth-order valence-corrected chi connectivity index (χ4v) is 2.32. The number of ketones is 2. The first-order chi connectivity index (χ1) is 8.77. The maximum Gasteiger partial charge on any atom is 0.221 e. The fraction of sp³-hybridized carbons (Fsp3) is 0.200. The van der Waals surface area contributed by atoms with E-state index in [-0.39, 0.29) is 17.3 Å². The average Bonchev–Trinajstić information content (AvgIpc) is 2.44. The summed E-state index contributed by atoms with van der Waals surface area (Å²) in [6.45, 7) is 0.520. The predicted octanol–water partition coefficient (Wildman–Crippen LogP) is 2.29. The van der Waals surface area contributed by atoms with Crippen LogP contribution in [0, 0.1) is 0 Å². The summed E-state index contributed by atoms with van der Waals surface area (Å²) >= 11 is 0. The molecule has 0 saturated heterocycles. The number of ether oxygens (including phenoxy) is 1. The lowest BCUT2D eigenvalue weighted by Gasteiger charge is -2.23. The number of carbonyl (C=O) groups is 2. The van der Waals surface area contributed by atoms with E-state index in [9.17, 15) is 9.59 Å². The molecule has 0 radical (unpaired) electrons. The molecule has 0 aromatic heterocycles. The zero-order chi connectivity index (χ0) is 12.5. The Hall–Kier alpha value is -2.16. The van der Waals surface area contributed by atoms with Gasteiger partial charge in [-0.25, -0.2) is 0 Å². The van der Waals surface area contributed by atoms with Gasteiger partial charge in [0, 0.05) is 17.2 Å². The molecule has 0 atom stereocenters. The molecule has 0 saturated carbocycles. The van der Waals surface area contributed by atoms with E-state index in [4.69, 9.17) is 4.74 Å². The van der Waals surface area contributed by atoms with E-state index in [1.807, 2.05) is 30.3 Å². The van der Waals surface area contributed by atoms with Crippen molar-refractivity contribution in [1.82, 2.24) is 0 Å². The molecule has 1 aromatic carbocycles. The van der Waals surface area contributed by atoms with Crippen molar-refractivity contribution in [1.29, 1.82) is 0 Å². The van der Waals surface area contributed by atoms with Gasteiger partial charge in [0.05, 0.1) is 6.61 Å². The van der Waals surface area contributed by atoms with E-state index in [2.05, 4.69) is 0 Å². The van der Waals surface area contributed by atoms with Gasteiger partial charge in [-0.05, 0) is 18.4 Å². The first-order valence-electron chi connectivity index (χ1n) is 5.99. The highest BCUT2D eigenvalue weighted by molar-refractivity contribution is 6.37. The van der Waals surface area contributed by atoms with E-state index in [1.54, 1.807) is 0 Å². The summed E-state index contributed by atoms with van der Waals surface area (Å²) in [6.07, 6.45) is 2.81. The van der Waals surface area contributed by atoms with Gasteiger partial charge in [0.1, 0.15) is 0 Å². The van der Waals surface area contributed by atoms with Crippen LogP contribution in [0.15, 0.2) is 47.7 Å². The summed E-state index contributed by atoms with van der Waals surface area (Å²) in [5.41, 5.74) is 1.80. The van der Waals surface area contributed by atoms with Gasteiger partial charge in [0.2, 0.25) is 5.78 Å². The van der Waals surface area contributed by atoms with Crippen LogP contribution in [0.2, 0.25) is 0 Å². The smallest absolute Gasteiger partial charge is 0.221 e. The SMILES string of the molecule is O=C1C=C(c2ccccc2)C(=O)C2=C1OCCC2. The quantitative estimate of drug-likeness (QED) is 0.707. The Morgan fingerprint density at radius 3 is 2.61 bits per heavy atom. The minimum absolute atomic E-state index is 0.0736. The maximum absolute atomic E-state index is 12.3. The summed E-state index contributed by atoms with van der Waals surface area (Å²) in [5, 5.41) is 0. The molecule has 90 valence electrons. The second-order valence-electron chi connectivity index (χ2n) is 4.38. The third-order valence-corrected chi connectivity index (χ3v) is 3.19. The van der Waals surface area contributed by atoms with Crippen molar-refractivity contribution in [2.45, 2.75) is 12.8 Å². The van der Waals surface area contributed by atoms with Gasteiger partial charge in [-0.15, -0.1) is 0 Å². The highest BCUT2D eigenvalue weighted by atomic mass is 16.5. The van der Waals surface area contributed by atoms with Gasteiger partial charge in [0.15, 0.2) is 11.5 Å². The predicted molar refractivity (Wildman–Crippen MR) is 66.6 cm³/mol. The molecule has 3 heteroatoms.